The van der Waals surface area contributed by atoms with Gasteiger partial charge in [-0.25, -0.2) is 4.98 Å². The van der Waals surface area contributed by atoms with E-state index in [1.807, 2.05) is 18.3 Å². The van der Waals surface area contributed by atoms with E-state index >= 15 is 0 Å². The van der Waals surface area contributed by atoms with Crippen LogP contribution >= 0.6 is 11.6 Å². The third kappa shape index (κ3) is 2.22. The van der Waals surface area contributed by atoms with Crippen molar-refractivity contribution in [1.29, 1.82) is 0 Å². The Morgan fingerprint density at radius 1 is 1.24 bits per heavy atom. The van der Waals surface area contributed by atoms with Crippen LogP contribution in [0.25, 0.3) is 10.8 Å². The minimum absolute atomic E-state index is 0.424. The lowest BCUT2D eigenvalue weighted by molar-refractivity contribution is 0.746. The predicted octanol–water partition coefficient (Wildman–Crippen LogP) is 3.82. The molecule has 0 spiro atoms. The third-order valence-electron chi connectivity index (χ3n) is 3.11. The van der Waals surface area contributed by atoms with E-state index in [1.54, 1.807) is 0 Å². The molecule has 0 aliphatic carbocycles. The van der Waals surface area contributed by atoms with Crippen molar-refractivity contribution in [3.05, 3.63) is 36.0 Å². The van der Waals surface area contributed by atoms with Gasteiger partial charge in [-0.1, -0.05) is 24.3 Å². The molecule has 0 saturated carbocycles. The maximum atomic E-state index is 5.95. The smallest absolute Gasteiger partial charge is 0.136 e. The second-order valence-corrected chi connectivity index (χ2v) is 4.76. The van der Waals surface area contributed by atoms with Gasteiger partial charge in [0, 0.05) is 30.6 Å². The SMILES string of the molecule is CC(C)N(C)c1ncc(CCl)c2ccccc12. The molecule has 0 saturated heterocycles. The number of fused-ring (bicyclic) bond motifs is 1. The maximum absolute atomic E-state index is 5.95. The molecule has 0 radical (unpaired) electrons. The molecule has 0 aliphatic heterocycles. The highest BCUT2D eigenvalue weighted by atomic mass is 35.5. The summed E-state index contributed by atoms with van der Waals surface area (Å²) < 4.78 is 0. The zero-order valence-electron chi connectivity index (χ0n) is 10.4. The van der Waals surface area contributed by atoms with Gasteiger partial charge in [-0.05, 0) is 24.8 Å². The molecule has 2 aromatic rings. The first-order valence-corrected chi connectivity index (χ1v) is 6.34. The van der Waals surface area contributed by atoms with Crippen molar-refractivity contribution in [1.82, 2.24) is 4.98 Å². The number of nitrogens with zero attached hydrogens (tertiary/aromatic N) is 2. The zero-order valence-corrected chi connectivity index (χ0v) is 11.2. The molecule has 2 nitrogen and oxygen atoms in total. The number of anilines is 1. The number of pyridine rings is 1. The second kappa shape index (κ2) is 4.92. The van der Waals surface area contributed by atoms with Gasteiger partial charge in [-0.3, -0.25) is 0 Å². The van der Waals surface area contributed by atoms with Crippen LogP contribution in [0.5, 0.6) is 0 Å². The molecule has 0 aliphatic rings. The van der Waals surface area contributed by atoms with Gasteiger partial charge in [0.2, 0.25) is 0 Å². The Labute approximate surface area is 107 Å². The quantitative estimate of drug-likeness (QED) is 0.768. The number of alkyl halides is 1. The average molecular weight is 249 g/mol. The van der Waals surface area contributed by atoms with Gasteiger partial charge in [0.1, 0.15) is 5.82 Å². The summed E-state index contributed by atoms with van der Waals surface area (Å²) in [5.41, 5.74) is 1.09. The van der Waals surface area contributed by atoms with Gasteiger partial charge in [0.15, 0.2) is 0 Å². The molecule has 0 bridgehead atoms. The fourth-order valence-electron chi connectivity index (χ4n) is 1.87. The van der Waals surface area contributed by atoms with E-state index in [0.717, 1.165) is 11.4 Å². The highest BCUT2D eigenvalue weighted by Gasteiger charge is 2.12. The van der Waals surface area contributed by atoms with Gasteiger partial charge < -0.3 is 4.90 Å². The number of hydrogen-bond donors (Lipinski definition) is 0. The molecule has 2 rings (SSSR count). The number of aromatic nitrogens is 1. The molecule has 0 atom stereocenters. The van der Waals surface area contributed by atoms with Crippen LogP contribution in [0.15, 0.2) is 30.5 Å². The van der Waals surface area contributed by atoms with Crippen molar-refractivity contribution < 1.29 is 0 Å². The largest absolute Gasteiger partial charge is 0.357 e. The molecular formula is C14H17ClN2. The van der Waals surface area contributed by atoms with Gasteiger partial charge in [-0.2, -0.15) is 0 Å². The first-order chi connectivity index (χ1) is 8.15. The molecular weight excluding hydrogens is 232 g/mol. The van der Waals surface area contributed by atoms with Crippen molar-refractivity contribution in [3.63, 3.8) is 0 Å². The second-order valence-electron chi connectivity index (χ2n) is 4.49. The first-order valence-electron chi connectivity index (χ1n) is 5.80. The van der Waals surface area contributed by atoms with E-state index in [2.05, 4.69) is 42.9 Å². The number of rotatable bonds is 3. The molecule has 1 aromatic heterocycles. The molecule has 1 aromatic carbocycles. The van der Waals surface area contributed by atoms with E-state index in [9.17, 15) is 0 Å². The number of hydrogen-bond acceptors (Lipinski definition) is 2. The van der Waals surface area contributed by atoms with Crippen LogP contribution in [0, 0.1) is 0 Å². The topological polar surface area (TPSA) is 16.1 Å². The highest BCUT2D eigenvalue weighted by molar-refractivity contribution is 6.18. The Bertz CT molecular complexity index is 523. The van der Waals surface area contributed by atoms with Crippen LogP contribution in [0.3, 0.4) is 0 Å². The monoisotopic (exact) mass is 248 g/mol. The van der Waals surface area contributed by atoms with Gasteiger partial charge in [0.25, 0.3) is 0 Å². The Morgan fingerprint density at radius 3 is 2.47 bits per heavy atom. The Hall–Kier alpha value is -1.28. The van der Waals surface area contributed by atoms with E-state index in [-0.39, 0.29) is 0 Å². The Kier molecular flexibility index (Phi) is 3.53. The summed E-state index contributed by atoms with van der Waals surface area (Å²) in [4.78, 5) is 6.72. The Morgan fingerprint density at radius 2 is 1.88 bits per heavy atom. The van der Waals surface area contributed by atoms with Gasteiger partial charge in [0.05, 0.1) is 0 Å². The molecule has 90 valence electrons. The minimum Gasteiger partial charge on any atom is -0.357 e. The summed E-state index contributed by atoms with van der Waals surface area (Å²) in [6.07, 6.45) is 1.88. The van der Waals surface area contributed by atoms with Crippen molar-refractivity contribution in [3.8, 4) is 0 Å². The highest BCUT2D eigenvalue weighted by Crippen LogP contribution is 2.28. The molecule has 0 amide bonds. The molecule has 0 unspecified atom stereocenters. The third-order valence-corrected chi connectivity index (χ3v) is 3.40. The van der Waals surface area contributed by atoms with Crippen molar-refractivity contribution >= 4 is 28.2 Å². The lowest BCUT2D eigenvalue weighted by Crippen LogP contribution is -2.26. The van der Waals surface area contributed by atoms with E-state index in [1.165, 1.54) is 10.8 Å². The summed E-state index contributed by atoms with van der Waals surface area (Å²) in [6, 6.07) is 8.71. The molecule has 17 heavy (non-hydrogen) atoms. The van der Waals surface area contributed by atoms with Gasteiger partial charge >= 0.3 is 0 Å². The van der Waals surface area contributed by atoms with Crippen LogP contribution in [-0.4, -0.2) is 18.1 Å². The summed E-state index contributed by atoms with van der Waals surface area (Å²) in [5, 5.41) is 2.36. The minimum atomic E-state index is 0.424. The summed E-state index contributed by atoms with van der Waals surface area (Å²) in [7, 11) is 2.07. The van der Waals surface area contributed by atoms with E-state index < -0.39 is 0 Å². The van der Waals surface area contributed by atoms with Crippen LogP contribution < -0.4 is 4.90 Å². The number of halogens is 1. The maximum Gasteiger partial charge on any atom is 0.136 e. The van der Waals surface area contributed by atoms with Crippen molar-refractivity contribution in [2.45, 2.75) is 25.8 Å². The fourth-order valence-corrected chi connectivity index (χ4v) is 2.08. The molecule has 0 fully saturated rings. The molecule has 0 N–H and O–H groups in total. The average Bonchev–Trinajstić information content (AvgIpc) is 2.36. The Balaban J connectivity index is 2.66. The van der Waals surface area contributed by atoms with Crippen LogP contribution in [0.4, 0.5) is 5.82 Å². The van der Waals surface area contributed by atoms with Crippen LogP contribution in [0.1, 0.15) is 19.4 Å². The molecule has 1 heterocycles. The van der Waals surface area contributed by atoms with E-state index in [0.29, 0.717) is 11.9 Å². The van der Waals surface area contributed by atoms with Crippen molar-refractivity contribution in [2.24, 2.45) is 0 Å². The zero-order chi connectivity index (χ0) is 12.4. The fraction of sp³-hybridized carbons (Fsp3) is 0.357. The normalized spacial score (nSPS) is 11.1. The number of benzene rings is 1. The van der Waals surface area contributed by atoms with Gasteiger partial charge in [-0.15, -0.1) is 11.6 Å². The predicted molar refractivity (Wildman–Crippen MR) is 74.8 cm³/mol. The van der Waals surface area contributed by atoms with Crippen molar-refractivity contribution in [2.75, 3.05) is 11.9 Å². The lowest BCUT2D eigenvalue weighted by Gasteiger charge is -2.24. The molecule has 3 heteroatoms. The summed E-state index contributed by atoms with van der Waals surface area (Å²) in [5.74, 6) is 1.52. The lowest BCUT2D eigenvalue weighted by atomic mass is 10.1. The summed E-state index contributed by atoms with van der Waals surface area (Å²) in [6.45, 7) is 4.32. The van der Waals surface area contributed by atoms with Crippen LogP contribution in [-0.2, 0) is 5.88 Å². The van der Waals surface area contributed by atoms with E-state index in [4.69, 9.17) is 11.6 Å². The first kappa shape index (κ1) is 12.2. The summed E-state index contributed by atoms with van der Waals surface area (Å²) >= 11 is 5.95. The van der Waals surface area contributed by atoms with Crippen LogP contribution in [0.2, 0.25) is 0 Å². The standard InChI is InChI=1S/C14H17ClN2/c1-10(2)17(3)14-13-7-5-4-6-12(13)11(8-15)9-16-14/h4-7,9-10H,8H2,1-3H3.